The van der Waals surface area contributed by atoms with E-state index in [-0.39, 0.29) is 13.0 Å². The van der Waals surface area contributed by atoms with Gasteiger partial charge in [-0.2, -0.15) is 0 Å². The third kappa shape index (κ3) is 5.47. The Labute approximate surface area is 97.3 Å². The SMILES string of the molecule is O=C(O)CCN1CCCC(CCCCO)C1. The number of hydrogen-bond donors (Lipinski definition) is 2. The van der Waals surface area contributed by atoms with Crippen LogP contribution in [0.1, 0.15) is 38.5 Å². The largest absolute Gasteiger partial charge is 0.481 e. The van der Waals surface area contributed by atoms with E-state index in [0.29, 0.717) is 12.5 Å². The second-order valence-electron chi connectivity index (χ2n) is 4.67. The maximum absolute atomic E-state index is 10.5. The van der Waals surface area contributed by atoms with E-state index in [1.807, 2.05) is 0 Å². The number of carboxylic acids is 1. The van der Waals surface area contributed by atoms with E-state index in [9.17, 15) is 4.79 Å². The van der Waals surface area contributed by atoms with Crippen molar-refractivity contribution < 1.29 is 15.0 Å². The lowest BCUT2D eigenvalue weighted by Gasteiger charge is -2.32. The molecule has 1 unspecified atom stereocenters. The van der Waals surface area contributed by atoms with Crippen molar-refractivity contribution in [2.24, 2.45) is 5.92 Å². The van der Waals surface area contributed by atoms with Crippen molar-refractivity contribution in [2.45, 2.75) is 38.5 Å². The molecule has 0 aromatic carbocycles. The molecule has 4 heteroatoms. The van der Waals surface area contributed by atoms with Crippen LogP contribution < -0.4 is 0 Å². The van der Waals surface area contributed by atoms with Crippen molar-refractivity contribution >= 4 is 5.97 Å². The molecule has 1 rings (SSSR count). The van der Waals surface area contributed by atoms with Crippen LogP contribution in [0.3, 0.4) is 0 Å². The summed E-state index contributed by atoms with van der Waals surface area (Å²) < 4.78 is 0. The average Bonchev–Trinajstić information content (AvgIpc) is 2.27. The fourth-order valence-corrected chi connectivity index (χ4v) is 2.39. The first-order valence-corrected chi connectivity index (χ1v) is 6.27. The van der Waals surface area contributed by atoms with Crippen molar-refractivity contribution in [3.05, 3.63) is 0 Å². The van der Waals surface area contributed by atoms with E-state index in [4.69, 9.17) is 10.2 Å². The number of aliphatic carboxylic acids is 1. The lowest BCUT2D eigenvalue weighted by Crippen LogP contribution is -2.36. The highest BCUT2D eigenvalue weighted by molar-refractivity contribution is 5.66. The summed E-state index contributed by atoms with van der Waals surface area (Å²) >= 11 is 0. The minimum Gasteiger partial charge on any atom is -0.481 e. The summed E-state index contributed by atoms with van der Waals surface area (Å²) in [6, 6.07) is 0. The van der Waals surface area contributed by atoms with Crippen LogP contribution >= 0.6 is 0 Å². The first-order chi connectivity index (χ1) is 7.72. The van der Waals surface area contributed by atoms with E-state index in [1.165, 1.54) is 19.3 Å². The third-order valence-electron chi connectivity index (χ3n) is 3.27. The van der Waals surface area contributed by atoms with Crippen LogP contribution in [-0.4, -0.2) is 47.3 Å². The monoisotopic (exact) mass is 229 g/mol. The summed E-state index contributed by atoms with van der Waals surface area (Å²) in [6.07, 6.45) is 5.85. The van der Waals surface area contributed by atoms with Gasteiger partial charge in [-0.05, 0) is 38.1 Å². The van der Waals surface area contributed by atoms with Gasteiger partial charge in [0.05, 0.1) is 6.42 Å². The number of rotatable bonds is 7. The van der Waals surface area contributed by atoms with E-state index in [2.05, 4.69) is 4.90 Å². The van der Waals surface area contributed by atoms with Crippen molar-refractivity contribution in [2.75, 3.05) is 26.2 Å². The normalized spacial score (nSPS) is 22.2. The number of aliphatic hydroxyl groups is 1. The van der Waals surface area contributed by atoms with Gasteiger partial charge in [-0.15, -0.1) is 0 Å². The van der Waals surface area contributed by atoms with Gasteiger partial charge in [0.2, 0.25) is 0 Å². The fraction of sp³-hybridized carbons (Fsp3) is 0.917. The quantitative estimate of drug-likeness (QED) is 0.647. The topological polar surface area (TPSA) is 60.8 Å². The summed E-state index contributed by atoms with van der Waals surface area (Å²) in [5.41, 5.74) is 0. The summed E-state index contributed by atoms with van der Waals surface area (Å²) in [7, 11) is 0. The Morgan fingerprint density at radius 3 is 2.88 bits per heavy atom. The van der Waals surface area contributed by atoms with E-state index >= 15 is 0 Å². The summed E-state index contributed by atoms with van der Waals surface area (Å²) in [5, 5.41) is 17.3. The minimum atomic E-state index is -0.706. The summed E-state index contributed by atoms with van der Waals surface area (Å²) in [5.74, 6) is -0.00324. The van der Waals surface area contributed by atoms with Gasteiger partial charge in [0.25, 0.3) is 0 Å². The van der Waals surface area contributed by atoms with E-state index in [1.54, 1.807) is 0 Å². The Bertz CT molecular complexity index is 208. The van der Waals surface area contributed by atoms with Gasteiger partial charge in [0.1, 0.15) is 0 Å². The molecule has 0 amide bonds. The van der Waals surface area contributed by atoms with Gasteiger partial charge in [0.15, 0.2) is 0 Å². The van der Waals surface area contributed by atoms with E-state index < -0.39 is 5.97 Å². The molecule has 0 saturated carbocycles. The van der Waals surface area contributed by atoms with Crippen LogP contribution in [0, 0.1) is 5.92 Å². The molecule has 1 fully saturated rings. The molecule has 0 aliphatic carbocycles. The Kier molecular flexibility index (Phi) is 6.42. The van der Waals surface area contributed by atoms with Gasteiger partial charge in [0, 0.05) is 19.7 Å². The fourth-order valence-electron chi connectivity index (χ4n) is 2.39. The number of carbonyl (C=O) groups is 1. The number of aliphatic hydroxyl groups excluding tert-OH is 1. The van der Waals surface area contributed by atoms with Gasteiger partial charge < -0.3 is 15.1 Å². The molecule has 1 atom stereocenters. The molecular formula is C12H23NO3. The molecular weight excluding hydrogens is 206 g/mol. The molecule has 0 aromatic heterocycles. The number of nitrogens with zero attached hydrogens (tertiary/aromatic N) is 1. The molecule has 94 valence electrons. The maximum Gasteiger partial charge on any atom is 0.304 e. The molecule has 0 bridgehead atoms. The molecule has 0 radical (unpaired) electrons. The Balaban J connectivity index is 2.16. The number of likely N-dealkylation sites (tertiary alicyclic amines) is 1. The highest BCUT2D eigenvalue weighted by atomic mass is 16.4. The lowest BCUT2D eigenvalue weighted by atomic mass is 9.93. The highest BCUT2D eigenvalue weighted by Gasteiger charge is 2.19. The molecule has 1 aliphatic rings. The zero-order chi connectivity index (χ0) is 11.8. The lowest BCUT2D eigenvalue weighted by molar-refractivity contribution is -0.137. The van der Waals surface area contributed by atoms with Crippen molar-refractivity contribution in [3.63, 3.8) is 0 Å². The minimum absolute atomic E-state index is 0.253. The van der Waals surface area contributed by atoms with Gasteiger partial charge in [-0.25, -0.2) is 0 Å². The molecule has 0 spiro atoms. The molecule has 2 N–H and O–H groups in total. The molecule has 4 nitrogen and oxygen atoms in total. The van der Waals surface area contributed by atoms with Crippen LogP contribution in [0.25, 0.3) is 0 Å². The zero-order valence-electron chi connectivity index (χ0n) is 9.90. The predicted molar refractivity (Wildman–Crippen MR) is 62.4 cm³/mol. The molecule has 1 aliphatic heterocycles. The van der Waals surface area contributed by atoms with Crippen LogP contribution in [0.4, 0.5) is 0 Å². The first-order valence-electron chi connectivity index (χ1n) is 6.27. The number of carboxylic acid groups (broad SMARTS) is 1. The van der Waals surface area contributed by atoms with Crippen LogP contribution in [0.2, 0.25) is 0 Å². The molecule has 0 aromatic rings. The van der Waals surface area contributed by atoms with E-state index in [0.717, 1.165) is 25.9 Å². The Morgan fingerprint density at radius 2 is 2.19 bits per heavy atom. The Morgan fingerprint density at radius 1 is 1.38 bits per heavy atom. The second-order valence-corrected chi connectivity index (χ2v) is 4.67. The third-order valence-corrected chi connectivity index (χ3v) is 3.27. The van der Waals surface area contributed by atoms with Crippen molar-refractivity contribution in [1.82, 2.24) is 4.90 Å². The van der Waals surface area contributed by atoms with Gasteiger partial charge in [-0.1, -0.05) is 6.42 Å². The van der Waals surface area contributed by atoms with Crippen molar-refractivity contribution in [1.29, 1.82) is 0 Å². The number of hydrogen-bond acceptors (Lipinski definition) is 3. The van der Waals surface area contributed by atoms with Gasteiger partial charge >= 0.3 is 5.97 Å². The van der Waals surface area contributed by atoms with Gasteiger partial charge in [-0.3, -0.25) is 4.79 Å². The number of unbranched alkanes of at least 4 members (excludes halogenated alkanes) is 1. The molecule has 1 saturated heterocycles. The molecule has 16 heavy (non-hydrogen) atoms. The standard InChI is InChI=1S/C12H23NO3/c14-9-2-1-4-11-5-3-7-13(10-11)8-6-12(15)16/h11,14H,1-10H2,(H,15,16). The van der Waals surface area contributed by atoms with Crippen LogP contribution in [-0.2, 0) is 4.79 Å². The maximum atomic E-state index is 10.5. The number of piperidine rings is 1. The summed E-state index contributed by atoms with van der Waals surface area (Å²) in [6.45, 7) is 3.06. The predicted octanol–water partition coefficient (Wildman–Crippen LogP) is 1.34. The average molecular weight is 229 g/mol. The van der Waals surface area contributed by atoms with Crippen molar-refractivity contribution in [3.8, 4) is 0 Å². The highest BCUT2D eigenvalue weighted by Crippen LogP contribution is 2.21. The smallest absolute Gasteiger partial charge is 0.304 e. The van der Waals surface area contributed by atoms with Crippen LogP contribution in [0.5, 0.6) is 0 Å². The first kappa shape index (κ1) is 13.5. The Hall–Kier alpha value is -0.610. The van der Waals surface area contributed by atoms with Crippen LogP contribution in [0.15, 0.2) is 0 Å². The molecule has 1 heterocycles. The zero-order valence-corrected chi connectivity index (χ0v) is 9.90. The second kappa shape index (κ2) is 7.63. The summed E-state index contributed by atoms with van der Waals surface area (Å²) in [4.78, 5) is 12.7.